The molecule has 1 heterocycles. The Morgan fingerprint density at radius 1 is 1.53 bits per heavy atom. The van der Waals surface area contributed by atoms with Crippen molar-refractivity contribution in [3.63, 3.8) is 0 Å². The van der Waals surface area contributed by atoms with E-state index >= 15 is 0 Å². The Balaban J connectivity index is 2.95. The largest absolute Gasteiger partial charge is 0.244 e. The van der Waals surface area contributed by atoms with E-state index in [0.29, 0.717) is 12.5 Å². The van der Waals surface area contributed by atoms with Crippen molar-refractivity contribution in [3.8, 4) is 0 Å². The van der Waals surface area contributed by atoms with Crippen molar-refractivity contribution < 1.29 is 8.42 Å². The van der Waals surface area contributed by atoms with Crippen molar-refractivity contribution in [2.75, 3.05) is 13.6 Å². The van der Waals surface area contributed by atoms with Crippen LogP contribution < -0.4 is 0 Å². The SMILES string of the molecule is CCC(C)CN(C)S(=O)(=O)c1ccnc(Cl)c1. The second-order valence-electron chi connectivity index (χ2n) is 4.11. The van der Waals surface area contributed by atoms with Crippen molar-refractivity contribution in [2.24, 2.45) is 5.92 Å². The summed E-state index contributed by atoms with van der Waals surface area (Å²) in [6.07, 6.45) is 2.34. The summed E-state index contributed by atoms with van der Waals surface area (Å²) in [6, 6.07) is 2.82. The summed E-state index contributed by atoms with van der Waals surface area (Å²) in [4.78, 5) is 3.96. The highest BCUT2D eigenvalue weighted by Gasteiger charge is 2.22. The lowest BCUT2D eigenvalue weighted by atomic mass is 10.1. The second kappa shape index (κ2) is 5.80. The highest BCUT2D eigenvalue weighted by Crippen LogP contribution is 2.18. The fraction of sp³-hybridized carbons (Fsp3) is 0.545. The van der Waals surface area contributed by atoms with Crippen LogP contribution in [0.1, 0.15) is 20.3 Å². The minimum atomic E-state index is -3.46. The van der Waals surface area contributed by atoms with Gasteiger partial charge in [0.2, 0.25) is 10.0 Å². The monoisotopic (exact) mass is 276 g/mol. The highest BCUT2D eigenvalue weighted by molar-refractivity contribution is 7.89. The maximum absolute atomic E-state index is 12.2. The zero-order valence-electron chi connectivity index (χ0n) is 10.2. The van der Waals surface area contributed by atoms with Gasteiger partial charge < -0.3 is 0 Å². The predicted molar refractivity (Wildman–Crippen MR) is 68.5 cm³/mol. The van der Waals surface area contributed by atoms with E-state index in [1.807, 2.05) is 13.8 Å². The third kappa shape index (κ3) is 3.66. The molecule has 0 fully saturated rings. The van der Waals surface area contributed by atoms with Gasteiger partial charge in [-0.15, -0.1) is 0 Å². The van der Waals surface area contributed by atoms with Gasteiger partial charge >= 0.3 is 0 Å². The van der Waals surface area contributed by atoms with Gasteiger partial charge in [0.05, 0.1) is 4.90 Å². The molecule has 0 aliphatic rings. The van der Waals surface area contributed by atoms with Crippen LogP contribution in [0, 0.1) is 5.92 Å². The maximum atomic E-state index is 12.2. The van der Waals surface area contributed by atoms with Gasteiger partial charge in [0.15, 0.2) is 0 Å². The Hall–Kier alpha value is -0.650. The van der Waals surface area contributed by atoms with Crippen LogP contribution in [-0.4, -0.2) is 31.3 Å². The number of nitrogens with zero attached hydrogens (tertiary/aromatic N) is 2. The molecule has 0 aromatic carbocycles. The molecule has 0 aliphatic carbocycles. The van der Waals surface area contributed by atoms with Crippen molar-refractivity contribution in [1.29, 1.82) is 0 Å². The van der Waals surface area contributed by atoms with Gasteiger partial charge in [-0.3, -0.25) is 0 Å². The molecule has 4 nitrogen and oxygen atoms in total. The molecule has 1 unspecified atom stereocenters. The first-order valence-corrected chi connectivity index (χ1v) is 7.27. The molecule has 0 amide bonds. The van der Waals surface area contributed by atoms with Gasteiger partial charge in [0.1, 0.15) is 5.15 Å². The first-order valence-electron chi connectivity index (χ1n) is 5.45. The van der Waals surface area contributed by atoms with E-state index in [1.165, 1.54) is 22.6 Å². The summed E-state index contributed by atoms with van der Waals surface area (Å²) in [7, 11) is -1.88. The Morgan fingerprint density at radius 2 is 2.18 bits per heavy atom. The summed E-state index contributed by atoms with van der Waals surface area (Å²) < 4.78 is 25.7. The van der Waals surface area contributed by atoms with Crippen LogP contribution in [0.25, 0.3) is 0 Å². The molecule has 0 saturated carbocycles. The minimum absolute atomic E-state index is 0.183. The zero-order chi connectivity index (χ0) is 13.1. The van der Waals surface area contributed by atoms with Gasteiger partial charge in [-0.05, 0) is 18.1 Å². The Labute approximate surface area is 108 Å². The van der Waals surface area contributed by atoms with E-state index in [9.17, 15) is 8.42 Å². The number of hydrogen-bond acceptors (Lipinski definition) is 3. The van der Waals surface area contributed by atoms with Crippen LogP contribution in [0.5, 0.6) is 0 Å². The van der Waals surface area contributed by atoms with Crippen LogP contribution in [0.3, 0.4) is 0 Å². The highest BCUT2D eigenvalue weighted by atomic mass is 35.5. The molecule has 1 aromatic heterocycles. The summed E-state index contributed by atoms with van der Waals surface area (Å²) in [5.74, 6) is 0.326. The molecule has 6 heteroatoms. The molecule has 17 heavy (non-hydrogen) atoms. The van der Waals surface area contributed by atoms with Gasteiger partial charge in [-0.2, -0.15) is 0 Å². The van der Waals surface area contributed by atoms with Crippen LogP contribution >= 0.6 is 11.6 Å². The smallest absolute Gasteiger partial charge is 0.242 e. The van der Waals surface area contributed by atoms with E-state index in [-0.39, 0.29) is 10.0 Å². The van der Waals surface area contributed by atoms with Crippen LogP contribution in [0.4, 0.5) is 0 Å². The summed E-state index contributed by atoms with van der Waals surface area (Å²) in [6.45, 7) is 4.55. The van der Waals surface area contributed by atoms with Crippen molar-refractivity contribution >= 4 is 21.6 Å². The quantitative estimate of drug-likeness (QED) is 0.776. The average Bonchev–Trinajstić information content (AvgIpc) is 2.28. The zero-order valence-corrected chi connectivity index (χ0v) is 11.8. The number of hydrogen-bond donors (Lipinski definition) is 0. The molecule has 1 aromatic rings. The van der Waals surface area contributed by atoms with Crippen LogP contribution in [-0.2, 0) is 10.0 Å². The average molecular weight is 277 g/mol. The molecule has 1 rings (SSSR count). The topological polar surface area (TPSA) is 50.3 Å². The van der Waals surface area contributed by atoms with Gasteiger partial charge in [-0.25, -0.2) is 17.7 Å². The van der Waals surface area contributed by atoms with E-state index < -0.39 is 10.0 Å². The van der Waals surface area contributed by atoms with Crippen LogP contribution in [0.2, 0.25) is 5.15 Å². The molecule has 0 saturated heterocycles. The molecule has 0 spiro atoms. The molecule has 1 atom stereocenters. The fourth-order valence-corrected chi connectivity index (χ4v) is 2.93. The number of pyridine rings is 1. The summed E-state index contributed by atoms with van der Waals surface area (Å²) >= 11 is 5.69. The molecular weight excluding hydrogens is 260 g/mol. The fourth-order valence-electron chi connectivity index (χ4n) is 1.39. The van der Waals surface area contributed by atoms with Crippen molar-refractivity contribution in [1.82, 2.24) is 9.29 Å². The normalized spacial score (nSPS) is 13.9. The number of aromatic nitrogens is 1. The summed E-state index contributed by atoms with van der Waals surface area (Å²) in [5.41, 5.74) is 0. The van der Waals surface area contributed by atoms with Crippen molar-refractivity contribution in [2.45, 2.75) is 25.2 Å². The van der Waals surface area contributed by atoms with E-state index in [0.717, 1.165) is 6.42 Å². The van der Waals surface area contributed by atoms with Gasteiger partial charge in [0, 0.05) is 19.8 Å². The maximum Gasteiger partial charge on any atom is 0.242 e. The third-order valence-electron chi connectivity index (χ3n) is 2.67. The molecule has 0 aliphatic heterocycles. The van der Waals surface area contributed by atoms with E-state index in [2.05, 4.69) is 4.98 Å². The van der Waals surface area contributed by atoms with Crippen molar-refractivity contribution in [3.05, 3.63) is 23.5 Å². The predicted octanol–water partition coefficient (Wildman–Crippen LogP) is 2.40. The molecule has 96 valence electrons. The molecular formula is C11H17ClN2O2S. The van der Waals surface area contributed by atoms with Crippen LogP contribution in [0.15, 0.2) is 23.2 Å². The molecule has 0 radical (unpaired) electrons. The second-order valence-corrected chi connectivity index (χ2v) is 6.55. The van der Waals surface area contributed by atoms with E-state index in [1.54, 1.807) is 7.05 Å². The standard InChI is InChI=1S/C11H17ClN2O2S/c1-4-9(2)8-14(3)17(15,16)10-5-6-13-11(12)7-10/h5-7,9H,4,8H2,1-3H3. The minimum Gasteiger partial charge on any atom is -0.244 e. The number of halogens is 1. The molecule has 0 N–H and O–H groups in total. The Kier molecular flexibility index (Phi) is 4.91. The number of sulfonamides is 1. The van der Waals surface area contributed by atoms with Gasteiger partial charge in [0.25, 0.3) is 0 Å². The first-order chi connectivity index (χ1) is 7.87. The Bertz CT molecular complexity index is 476. The number of rotatable bonds is 5. The Morgan fingerprint density at radius 3 is 2.71 bits per heavy atom. The van der Waals surface area contributed by atoms with Gasteiger partial charge in [-0.1, -0.05) is 31.9 Å². The van der Waals surface area contributed by atoms with E-state index in [4.69, 9.17) is 11.6 Å². The lowest BCUT2D eigenvalue weighted by Gasteiger charge is -2.20. The molecule has 0 bridgehead atoms. The first kappa shape index (κ1) is 14.4. The third-order valence-corrected chi connectivity index (χ3v) is 4.70. The summed E-state index contributed by atoms with van der Waals surface area (Å²) in [5, 5.41) is 0.183. The lowest BCUT2D eigenvalue weighted by Crippen LogP contribution is -2.31. The lowest BCUT2D eigenvalue weighted by molar-refractivity contribution is 0.393.